The van der Waals surface area contributed by atoms with Crippen molar-refractivity contribution in [1.29, 1.82) is 0 Å². The minimum absolute atomic E-state index is 0.165. The lowest BCUT2D eigenvalue weighted by Gasteiger charge is -2.23. The second-order valence-electron chi connectivity index (χ2n) is 6.75. The lowest BCUT2D eigenvalue weighted by atomic mass is 10.1. The standard InChI is InChI=1S/C19H25N3O2S/c1-13-10-14(2)12-16(11-13)17-20-21-19(24-17)25-15(3)18(23)22-8-6-4-5-7-9-22/h10-12,15H,4-9H2,1-3H3/t15-/m1/s1. The Morgan fingerprint density at radius 3 is 2.36 bits per heavy atom. The van der Waals surface area contributed by atoms with Gasteiger partial charge in [0.25, 0.3) is 5.22 Å². The zero-order chi connectivity index (χ0) is 17.8. The molecule has 25 heavy (non-hydrogen) atoms. The Labute approximate surface area is 153 Å². The summed E-state index contributed by atoms with van der Waals surface area (Å²) < 4.78 is 5.78. The summed E-state index contributed by atoms with van der Waals surface area (Å²) in [6.07, 6.45) is 4.63. The van der Waals surface area contributed by atoms with E-state index in [2.05, 4.69) is 16.3 Å². The fourth-order valence-electron chi connectivity index (χ4n) is 3.22. The van der Waals surface area contributed by atoms with Gasteiger partial charge in [0, 0.05) is 18.7 Å². The van der Waals surface area contributed by atoms with Crippen molar-refractivity contribution < 1.29 is 9.21 Å². The Morgan fingerprint density at radius 1 is 1.08 bits per heavy atom. The number of rotatable bonds is 4. The molecule has 0 bridgehead atoms. The lowest BCUT2D eigenvalue weighted by molar-refractivity contribution is -0.130. The van der Waals surface area contributed by atoms with Crippen LogP contribution in [0, 0.1) is 13.8 Å². The molecule has 1 aromatic heterocycles. The molecule has 3 rings (SSSR count). The van der Waals surface area contributed by atoms with E-state index in [4.69, 9.17) is 4.42 Å². The SMILES string of the molecule is Cc1cc(C)cc(-c2nnc(S[C@H](C)C(=O)N3CCCCCC3)o2)c1. The van der Waals surface area contributed by atoms with Crippen molar-refractivity contribution in [3.8, 4) is 11.5 Å². The van der Waals surface area contributed by atoms with Crippen molar-refractivity contribution in [3.05, 3.63) is 29.3 Å². The van der Waals surface area contributed by atoms with Gasteiger partial charge < -0.3 is 9.32 Å². The van der Waals surface area contributed by atoms with Crippen molar-refractivity contribution in [2.75, 3.05) is 13.1 Å². The molecule has 1 fully saturated rings. The van der Waals surface area contributed by atoms with E-state index in [1.54, 1.807) is 0 Å². The van der Waals surface area contributed by atoms with Crippen LogP contribution in [0.25, 0.3) is 11.5 Å². The van der Waals surface area contributed by atoms with Crippen LogP contribution in [-0.2, 0) is 4.79 Å². The number of aromatic nitrogens is 2. The van der Waals surface area contributed by atoms with Crippen molar-refractivity contribution >= 4 is 17.7 Å². The molecule has 0 unspecified atom stereocenters. The Kier molecular flexibility index (Phi) is 5.78. The Balaban J connectivity index is 1.67. The summed E-state index contributed by atoms with van der Waals surface area (Å²) in [6.45, 7) is 7.73. The molecular formula is C19H25N3O2S. The maximum atomic E-state index is 12.6. The highest BCUT2D eigenvalue weighted by atomic mass is 32.2. The van der Waals surface area contributed by atoms with Crippen molar-refractivity contribution in [2.45, 2.75) is 56.9 Å². The molecule has 0 aliphatic carbocycles. The zero-order valence-electron chi connectivity index (χ0n) is 15.1. The van der Waals surface area contributed by atoms with Crippen LogP contribution in [0.4, 0.5) is 0 Å². The number of carbonyl (C=O) groups excluding carboxylic acids is 1. The summed E-state index contributed by atoms with van der Waals surface area (Å²) in [6, 6.07) is 6.17. The second kappa shape index (κ2) is 8.04. The van der Waals surface area contributed by atoms with E-state index in [0.29, 0.717) is 11.1 Å². The van der Waals surface area contributed by atoms with Gasteiger partial charge in [-0.1, -0.05) is 41.8 Å². The van der Waals surface area contributed by atoms with E-state index in [-0.39, 0.29) is 11.2 Å². The fourth-order valence-corrected chi connectivity index (χ4v) is 3.99. The number of thioether (sulfide) groups is 1. The predicted octanol–water partition coefficient (Wildman–Crippen LogP) is 4.24. The van der Waals surface area contributed by atoms with Crippen LogP contribution in [0.1, 0.15) is 43.7 Å². The summed E-state index contributed by atoms with van der Waals surface area (Å²) in [5.74, 6) is 0.668. The Morgan fingerprint density at radius 2 is 1.72 bits per heavy atom. The van der Waals surface area contributed by atoms with Crippen LogP contribution in [0.3, 0.4) is 0 Å². The van der Waals surface area contributed by atoms with E-state index in [0.717, 1.165) is 42.6 Å². The third-order valence-corrected chi connectivity index (χ3v) is 5.34. The maximum absolute atomic E-state index is 12.6. The quantitative estimate of drug-likeness (QED) is 0.764. The first kappa shape index (κ1) is 18.0. The van der Waals surface area contributed by atoms with E-state index >= 15 is 0 Å². The molecule has 5 nitrogen and oxygen atoms in total. The Hall–Kier alpha value is -1.82. The number of hydrogen-bond acceptors (Lipinski definition) is 5. The van der Waals surface area contributed by atoms with E-state index < -0.39 is 0 Å². The van der Waals surface area contributed by atoms with Crippen LogP contribution in [-0.4, -0.2) is 39.3 Å². The highest BCUT2D eigenvalue weighted by Crippen LogP contribution is 2.28. The van der Waals surface area contributed by atoms with Gasteiger partial charge in [0.05, 0.1) is 5.25 Å². The molecule has 1 aromatic carbocycles. The molecule has 2 heterocycles. The van der Waals surface area contributed by atoms with Gasteiger partial charge in [0.15, 0.2) is 0 Å². The van der Waals surface area contributed by atoms with Crippen LogP contribution in [0.15, 0.2) is 27.8 Å². The first-order valence-electron chi connectivity index (χ1n) is 8.90. The number of amides is 1. The number of likely N-dealkylation sites (tertiary alicyclic amines) is 1. The molecule has 134 valence electrons. The van der Waals surface area contributed by atoms with Crippen LogP contribution in [0.5, 0.6) is 0 Å². The number of carbonyl (C=O) groups is 1. The summed E-state index contributed by atoms with van der Waals surface area (Å²) in [7, 11) is 0. The molecule has 0 N–H and O–H groups in total. The van der Waals surface area contributed by atoms with Crippen LogP contribution < -0.4 is 0 Å². The summed E-state index contributed by atoms with van der Waals surface area (Å²) in [5.41, 5.74) is 3.24. The van der Waals surface area contributed by atoms with E-state index in [9.17, 15) is 4.79 Å². The van der Waals surface area contributed by atoms with Gasteiger partial charge in [-0.25, -0.2) is 0 Å². The van der Waals surface area contributed by atoms with Crippen molar-refractivity contribution in [2.24, 2.45) is 0 Å². The van der Waals surface area contributed by atoms with Gasteiger partial charge in [0.2, 0.25) is 11.8 Å². The monoisotopic (exact) mass is 359 g/mol. The number of nitrogens with zero attached hydrogens (tertiary/aromatic N) is 3. The average Bonchev–Trinajstić information content (AvgIpc) is 2.86. The zero-order valence-corrected chi connectivity index (χ0v) is 15.9. The minimum Gasteiger partial charge on any atom is -0.411 e. The normalized spacial score (nSPS) is 16.5. The number of hydrogen-bond donors (Lipinski definition) is 0. The molecule has 1 amide bonds. The van der Waals surface area contributed by atoms with Gasteiger partial charge in [-0.05, 0) is 45.7 Å². The molecule has 0 spiro atoms. The summed E-state index contributed by atoms with van der Waals surface area (Å²) >= 11 is 1.34. The highest BCUT2D eigenvalue weighted by molar-refractivity contribution is 8.00. The van der Waals surface area contributed by atoms with E-state index in [1.807, 2.05) is 37.8 Å². The lowest BCUT2D eigenvalue weighted by Crippen LogP contribution is -2.37. The highest BCUT2D eigenvalue weighted by Gasteiger charge is 2.24. The molecule has 2 aromatic rings. The fraction of sp³-hybridized carbons (Fsp3) is 0.526. The number of aryl methyl sites for hydroxylation is 2. The Bertz CT molecular complexity index is 716. The predicted molar refractivity (Wildman–Crippen MR) is 99.6 cm³/mol. The van der Waals surface area contributed by atoms with Gasteiger partial charge >= 0.3 is 0 Å². The second-order valence-corrected chi connectivity index (χ2v) is 8.04. The van der Waals surface area contributed by atoms with Crippen molar-refractivity contribution in [1.82, 2.24) is 15.1 Å². The summed E-state index contributed by atoms with van der Waals surface area (Å²) in [5, 5.41) is 8.49. The molecule has 0 radical (unpaired) electrons. The molecular weight excluding hydrogens is 334 g/mol. The third kappa shape index (κ3) is 4.63. The minimum atomic E-state index is -0.217. The molecule has 1 aliphatic rings. The molecule has 1 atom stereocenters. The van der Waals surface area contributed by atoms with Gasteiger partial charge in [-0.15, -0.1) is 10.2 Å². The topological polar surface area (TPSA) is 59.2 Å². The first-order valence-corrected chi connectivity index (χ1v) is 9.78. The summed E-state index contributed by atoms with van der Waals surface area (Å²) in [4.78, 5) is 14.6. The van der Waals surface area contributed by atoms with E-state index in [1.165, 1.54) is 24.6 Å². The average molecular weight is 359 g/mol. The van der Waals surface area contributed by atoms with Crippen molar-refractivity contribution in [3.63, 3.8) is 0 Å². The van der Waals surface area contributed by atoms with Crippen LogP contribution in [0.2, 0.25) is 0 Å². The maximum Gasteiger partial charge on any atom is 0.277 e. The molecule has 1 saturated heterocycles. The molecule has 6 heteroatoms. The molecule has 0 saturated carbocycles. The smallest absolute Gasteiger partial charge is 0.277 e. The largest absolute Gasteiger partial charge is 0.411 e. The first-order chi connectivity index (χ1) is 12.0. The number of benzene rings is 1. The molecule has 1 aliphatic heterocycles. The van der Waals surface area contributed by atoms with Crippen LogP contribution >= 0.6 is 11.8 Å². The van der Waals surface area contributed by atoms with Gasteiger partial charge in [-0.2, -0.15) is 0 Å². The van der Waals surface area contributed by atoms with Gasteiger partial charge in [-0.3, -0.25) is 4.79 Å². The van der Waals surface area contributed by atoms with Gasteiger partial charge in [0.1, 0.15) is 0 Å². The third-order valence-electron chi connectivity index (χ3n) is 4.42.